The standard InChI is InChI=1S/C27H33ClN2O3/c1-17(32-6)20-8-7-9-24(21(20)16-29)33-25-11-10-19(13-22(25)28)23(31)12-18-14-26(2,3)30-27(4,5)15-18/h7-11,13,17-18,30H,12,14-15H2,1-6H3. The van der Waals surface area contributed by atoms with Crippen molar-refractivity contribution in [2.45, 2.75) is 71.1 Å². The van der Waals surface area contributed by atoms with Crippen LogP contribution >= 0.6 is 11.6 Å². The van der Waals surface area contributed by atoms with Crippen LogP contribution in [0.5, 0.6) is 11.5 Å². The minimum absolute atomic E-state index is 0.00462. The molecule has 1 N–H and O–H groups in total. The maximum Gasteiger partial charge on any atom is 0.163 e. The molecule has 1 atom stereocenters. The molecule has 0 amide bonds. The highest BCUT2D eigenvalue weighted by Crippen LogP contribution is 2.37. The Morgan fingerprint density at radius 3 is 2.42 bits per heavy atom. The van der Waals surface area contributed by atoms with Gasteiger partial charge in [-0.2, -0.15) is 5.26 Å². The number of nitrogens with one attached hydrogen (secondary N) is 1. The SMILES string of the molecule is COC(C)c1cccc(Oc2ccc(C(=O)CC3CC(C)(C)NC(C)(C)C3)cc2Cl)c1C#N. The molecule has 0 aliphatic carbocycles. The molecule has 0 aromatic heterocycles. The van der Waals surface area contributed by atoms with Crippen molar-refractivity contribution in [3.05, 3.63) is 58.1 Å². The van der Waals surface area contributed by atoms with Gasteiger partial charge in [0, 0.05) is 35.7 Å². The second-order valence-electron chi connectivity index (χ2n) is 10.3. The Morgan fingerprint density at radius 1 is 1.18 bits per heavy atom. The number of rotatable bonds is 7. The predicted octanol–water partition coefficient (Wildman–Crippen LogP) is 6.84. The smallest absolute Gasteiger partial charge is 0.163 e. The molecule has 0 radical (unpaired) electrons. The van der Waals surface area contributed by atoms with Gasteiger partial charge in [-0.3, -0.25) is 4.79 Å². The summed E-state index contributed by atoms with van der Waals surface area (Å²) in [7, 11) is 1.59. The van der Waals surface area contributed by atoms with Gasteiger partial charge in [0.1, 0.15) is 23.1 Å². The van der Waals surface area contributed by atoms with Crippen molar-refractivity contribution >= 4 is 17.4 Å². The topological polar surface area (TPSA) is 71.3 Å². The highest BCUT2D eigenvalue weighted by Gasteiger charge is 2.38. The van der Waals surface area contributed by atoms with E-state index in [0.29, 0.717) is 40.0 Å². The van der Waals surface area contributed by atoms with Crippen molar-refractivity contribution in [1.82, 2.24) is 5.32 Å². The molecular weight excluding hydrogens is 436 g/mol. The molecule has 176 valence electrons. The minimum Gasteiger partial charge on any atom is -0.454 e. The molecule has 2 aromatic rings. The monoisotopic (exact) mass is 468 g/mol. The largest absolute Gasteiger partial charge is 0.454 e. The molecule has 3 rings (SSSR count). The Morgan fingerprint density at radius 2 is 1.85 bits per heavy atom. The zero-order valence-electron chi connectivity index (χ0n) is 20.3. The third-order valence-electron chi connectivity index (χ3n) is 6.18. The van der Waals surface area contributed by atoms with Crippen molar-refractivity contribution in [1.29, 1.82) is 5.26 Å². The zero-order chi connectivity index (χ0) is 24.4. The van der Waals surface area contributed by atoms with Gasteiger partial charge in [0.25, 0.3) is 0 Å². The van der Waals surface area contributed by atoms with Gasteiger partial charge >= 0.3 is 0 Å². The molecule has 0 saturated carbocycles. The average molecular weight is 469 g/mol. The maximum atomic E-state index is 13.0. The summed E-state index contributed by atoms with van der Waals surface area (Å²) >= 11 is 6.49. The van der Waals surface area contributed by atoms with Crippen LogP contribution in [0.4, 0.5) is 0 Å². The van der Waals surface area contributed by atoms with Crippen molar-refractivity contribution in [2.24, 2.45) is 5.92 Å². The number of ether oxygens (including phenoxy) is 2. The van der Waals surface area contributed by atoms with Crippen LogP contribution in [0, 0.1) is 17.2 Å². The van der Waals surface area contributed by atoms with Crippen molar-refractivity contribution in [3.63, 3.8) is 0 Å². The van der Waals surface area contributed by atoms with Crippen LogP contribution < -0.4 is 10.1 Å². The molecular formula is C27H33ClN2O3. The van der Waals surface area contributed by atoms with Gasteiger partial charge in [0.05, 0.1) is 11.1 Å². The van der Waals surface area contributed by atoms with E-state index >= 15 is 0 Å². The van der Waals surface area contributed by atoms with Gasteiger partial charge in [-0.05, 0) is 77.6 Å². The second kappa shape index (κ2) is 9.85. The number of hydrogen-bond acceptors (Lipinski definition) is 5. The number of Topliss-reactive ketones (excluding diaryl/α,β-unsaturated/α-hetero) is 1. The Labute approximate surface area is 202 Å². The lowest BCUT2D eigenvalue weighted by Gasteiger charge is -2.46. The number of hydrogen-bond donors (Lipinski definition) is 1. The van der Waals surface area contributed by atoms with Crippen LogP contribution in [0.2, 0.25) is 5.02 Å². The quantitative estimate of drug-likeness (QED) is 0.450. The molecule has 6 heteroatoms. The number of carbonyl (C=O) groups is 1. The van der Waals surface area contributed by atoms with Gasteiger partial charge in [0.2, 0.25) is 0 Å². The Balaban J connectivity index is 1.77. The second-order valence-corrected chi connectivity index (χ2v) is 10.7. The van der Waals surface area contributed by atoms with Crippen LogP contribution in [0.3, 0.4) is 0 Å². The van der Waals surface area contributed by atoms with Gasteiger partial charge in [-0.1, -0.05) is 23.7 Å². The Kier molecular flexibility index (Phi) is 7.53. The number of piperidine rings is 1. The summed E-state index contributed by atoms with van der Waals surface area (Å²) in [5.74, 6) is 1.19. The molecule has 1 unspecified atom stereocenters. The van der Waals surface area contributed by atoms with Crippen LogP contribution in [-0.4, -0.2) is 24.0 Å². The molecule has 0 bridgehead atoms. The highest BCUT2D eigenvalue weighted by atomic mass is 35.5. The van der Waals surface area contributed by atoms with E-state index in [0.717, 1.165) is 18.4 Å². The first-order valence-corrected chi connectivity index (χ1v) is 11.7. The van der Waals surface area contributed by atoms with Crippen molar-refractivity contribution in [3.8, 4) is 17.6 Å². The van der Waals surface area contributed by atoms with E-state index in [1.165, 1.54) is 0 Å². The van der Waals surface area contributed by atoms with Gasteiger partial charge in [0.15, 0.2) is 5.78 Å². The molecule has 5 nitrogen and oxygen atoms in total. The molecule has 0 spiro atoms. The first-order valence-electron chi connectivity index (χ1n) is 11.3. The average Bonchev–Trinajstić information content (AvgIpc) is 2.72. The summed E-state index contributed by atoms with van der Waals surface area (Å²) in [5, 5.41) is 13.7. The van der Waals surface area contributed by atoms with Crippen LogP contribution in [0.15, 0.2) is 36.4 Å². The first kappa shape index (κ1) is 25.2. The summed E-state index contributed by atoms with van der Waals surface area (Å²) in [6, 6.07) is 12.7. The molecule has 2 aromatic carbocycles. The fourth-order valence-corrected chi connectivity index (χ4v) is 5.37. The highest BCUT2D eigenvalue weighted by molar-refractivity contribution is 6.32. The van der Waals surface area contributed by atoms with E-state index in [2.05, 4.69) is 39.1 Å². The van der Waals surface area contributed by atoms with E-state index < -0.39 is 0 Å². The maximum absolute atomic E-state index is 13.0. The number of carbonyl (C=O) groups excluding carboxylic acids is 1. The van der Waals surface area contributed by atoms with Gasteiger partial charge < -0.3 is 14.8 Å². The number of halogens is 1. The van der Waals surface area contributed by atoms with Crippen LogP contribution in [0.25, 0.3) is 0 Å². The molecule has 1 saturated heterocycles. The first-order chi connectivity index (χ1) is 15.4. The lowest BCUT2D eigenvalue weighted by atomic mass is 9.74. The van der Waals surface area contributed by atoms with Crippen molar-refractivity contribution in [2.75, 3.05) is 7.11 Å². The zero-order valence-corrected chi connectivity index (χ0v) is 21.0. The Hall–Kier alpha value is -2.39. The molecule has 1 fully saturated rings. The summed E-state index contributed by atoms with van der Waals surface area (Å²) < 4.78 is 11.3. The molecule has 33 heavy (non-hydrogen) atoms. The lowest BCUT2D eigenvalue weighted by molar-refractivity contribution is 0.0864. The molecule has 1 aliphatic heterocycles. The number of ketones is 1. The number of methoxy groups -OCH3 is 1. The van der Waals surface area contributed by atoms with Crippen LogP contribution in [0.1, 0.15) is 81.5 Å². The number of nitrogens with zero attached hydrogens (tertiary/aromatic N) is 1. The summed E-state index contributed by atoms with van der Waals surface area (Å²) in [6.45, 7) is 10.6. The lowest BCUT2D eigenvalue weighted by Crippen LogP contribution is -2.57. The van der Waals surface area contributed by atoms with E-state index in [9.17, 15) is 10.1 Å². The van der Waals surface area contributed by atoms with Gasteiger partial charge in [-0.25, -0.2) is 0 Å². The molecule has 1 heterocycles. The summed E-state index contributed by atoms with van der Waals surface area (Å²) in [6.07, 6.45) is 2.14. The summed E-state index contributed by atoms with van der Waals surface area (Å²) in [4.78, 5) is 13.0. The fourth-order valence-electron chi connectivity index (χ4n) is 5.15. The van der Waals surface area contributed by atoms with E-state index in [-0.39, 0.29) is 23.0 Å². The fraction of sp³-hybridized carbons (Fsp3) is 0.481. The third-order valence-corrected chi connectivity index (χ3v) is 6.48. The normalized spacial score (nSPS) is 18.4. The minimum atomic E-state index is -0.247. The predicted molar refractivity (Wildman–Crippen MR) is 131 cm³/mol. The van der Waals surface area contributed by atoms with E-state index in [1.807, 2.05) is 19.1 Å². The van der Waals surface area contributed by atoms with Crippen LogP contribution in [-0.2, 0) is 4.74 Å². The van der Waals surface area contributed by atoms with E-state index in [4.69, 9.17) is 21.1 Å². The van der Waals surface area contributed by atoms with E-state index in [1.54, 1.807) is 31.4 Å². The summed E-state index contributed by atoms with van der Waals surface area (Å²) in [5.41, 5.74) is 1.71. The Bertz CT molecular complexity index is 1060. The number of benzene rings is 2. The van der Waals surface area contributed by atoms with Gasteiger partial charge in [-0.15, -0.1) is 0 Å². The third kappa shape index (κ3) is 6.14. The molecule has 1 aliphatic rings. The number of nitriles is 1. The van der Waals surface area contributed by atoms with Crippen molar-refractivity contribution < 1.29 is 14.3 Å².